The molecule has 104 valence electrons. The van der Waals surface area contributed by atoms with Crippen LogP contribution in [-0.2, 0) is 6.54 Å². The molecule has 0 saturated heterocycles. The molecular formula is C15H18N4O. The minimum absolute atomic E-state index is 0.112. The van der Waals surface area contributed by atoms with Gasteiger partial charge in [-0.1, -0.05) is 18.2 Å². The van der Waals surface area contributed by atoms with Gasteiger partial charge in [0.2, 0.25) is 0 Å². The number of nitrogens with zero attached hydrogens (tertiary/aromatic N) is 2. The predicted octanol–water partition coefficient (Wildman–Crippen LogP) is 1.83. The van der Waals surface area contributed by atoms with Crippen molar-refractivity contribution < 1.29 is 0 Å². The van der Waals surface area contributed by atoms with Gasteiger partial charge in [0, 0.05) is 24.3 Å². The zero-order valence-corrected chi connectivity index (χ0v) is 11.5. The molecule has 0 spiro atoms. The second kappa shape index (κ2) is 5.00. The summed E-state index contributed by atoms with van der Waals surface area (Å²) in [5, 5.41) is 0. The van der Waals surface area contributed by atoms with Gasteiger partial charge in [-0.2, -0.15) is 0 Å². The van der Waals surface area contributed by atoms with Crippen LogP contribution in [0, 0.1) is 6.92 Å². The summed E-state index contributed by atoms with van der Waals surface area (Å²) < 4.78 is 0. The average Bonchev–Trinajstić information content (AvgIpc) is 3.21. The van der Waals surface area contributed by atoms with Crippen molar-refractivity contribution in [3.63, 3.8) is 0 Å². The lowest BCUT2D eigenvalue weighted by Crippen LogP contribution is -2.28. The Morgan fingerprint density at radius 3 is 2.80 bits per heavy atom. The second-order valence-electron chi connectivity index (χ2n) is 5.25. The molecule has 5 nitrogen and oxygen atoms in total. The van der Waals surface area contributed by atoms with Gasteiger partial charge in [-0.25, -0.2) is 4.98 Å². The van der Waals surface area contributed by atoms with E-state index in [1.165, 1.54) is 0 Å². The van der Waals surface area contributed by atoms with Crippen molar-refractivity contribution in [2.24, 2.45) is 0 Å². The van der Waals surface area contributed by atoms with Crippen molar-refractivity contribution >= 4 is 11.5 Å². The van der Waals surface area contributed by atoms with Crippen molar-refractivity contribution in [1.29, 1.82) is 0 Å². The van der Waals surface area contributed by atoms with Crippen LogP contribution in [0.3, 0.4) is 0 Å². The monoisotopic (exact) mass is 270 g/mol. The molecule has 1 saturated carbocycles. The maximum Gasteiger partial charge on any atom is 0.252 e. The van der Waals surface area contributed by atoms with Crippen LogP contribution in [-0.4, -0.2) is 16.0 Å². The molecule has 1 aliphatic carbocycles. The highest BCUT2D eigenvalue weighted by Gasteiger charge is 2.30. The third kappa shape index (κ3) is 2.66. The highest BCUT2D eigenvalue weighted by Crippen LogP contribution is 2.32. The topological polar surface area (TPSA) is 75.0 Å². The fraction of sp³-hybridized carbons (Fsp3) is 0.333. The van der Waals surface area contributed by atoms with Crippen LogP contribution >= 0.6 is 0 Å². The highest BCUT2D eigenvalue weighted by atomic mass is 16.1. The van der Waals surface area contributed by atoms with E-state index in [1.54, 1.807) is 13.0 Å². The molecule has 1 fully saturated rings. The molecule has 1 aromatic heterocycles. The van der Waals surface area contributed by atoms with E-state index in [1.807, 2.05) is 24.3 Å². The summed E-state index contributed by atoms with van der Waals surface area (Å²) in [5.74, 6) is 1.37. The summed E-state index contributed by atoms with van der Waals surface area (Å²) in [5.41, 5.74) is 7.75. The van der Waals surface area contributed by atoms with Gasteiger partial charge in [-0.15, -0.1) is 0 Å². The molecule has 1 aliphatic rings. The van der Waals surface area contributed by atoms with Gasteiger partial charge in [0.05, 0.1) is 0 Å². The maximum absolute atomic E-state index is 11.6. The van der Waals surface area contributed by atoms with E-state index in [4.69, 9.17) is 5.73 Å². The van der Waals surface area contributed by atoms with Gasteiger partial charge in [-0.3, -0.25) is 4.79 Å². The van der Waals surface area contributed by atoms with E-state index in [0.717, 1.165) is 29.9 Å². The quantitative estimate of drug-likeness (QED) is 0.831. The first-order valence-electron chi connectivity index (χ1n) is 6.81. The van der Waals surface area contributed by atoms with E-state index < -0.39 is 0 Å². The van der Waals surface area contributed by atoms with Crippen LogP contribution in [0.25, 0.3) is 0 Å². The number of hydrogen-bond acceptors (Lipinski definition) is 4. The first-order chi connectivity index (χ1) is 9.63. The molecule has 5 heteroatoms. The van der Waals surface area contributed by atoms with Crippen LogP contribution in [0.4, 0.5) is 11.5 Å². The molecule has 3 rings (SSSR count). The Morgan fingerprint density at radius 2 is 2.15 bits per heavy atom. The third-order valence-electron chi connectivity index (χ3n) is 3.52. The number of nitrogen functional groups attached to an aromatic ring is 1. The molecule has 1 aromatic carbocycles. The summed E-state index contributed by atoms with van der Waals surface area (Å²) in [7, 11) is 0. The lowest BCUT2D eigenvalue weighted by molar-refractivity contribution is 0.770. The molecule has 0 radical (unpaired) electrons. The Balaban J connectivity index is 1.93. The standard InChI is InChI=1S/C15H18N4O/c1-10-17-14(8-15(20)18-10)19(12-6-7-12)9-11-4-2-3-5-13(11)16/h2-5,8,12H,6-7,9,16H2,1H3,(H,17,18,20). The molecule has 2 aromatic rings. The highest BCUT2D eigenvalue weighted by molar-refractivity contribution is 5.50. The van der Waals surface area contributed by atoms with E-state index >= 15 is 0 Å². The first-order valence-corrected chi connectivity index (χ1v) is 6.81. The van der Waals surface area contributed by atoms with E-state index in [0.29, 0.717) is 18.4 Å². The fourth-order valence-electron chi connectivity index (χ4n) is 2.36. The zero-order chi connectivity index (χ0) is 14.1. The van der Waals surface area contributed by atoms with Crippen LogP contribution in [0.5, 0.6) is 0 Å². The van der Waals surface area contributed by atoms with Crippen LogP contribution < -0.4 is 16.2 Å². The SMILES string of the molecule is Cc1nc(N(Cc2ccccc2N)C2CC2)cc(=O)[nH]1. The Kier molecular flexibility index (Phi) is 3.18. The largest absolute Gasteiger partial charge is 0.398 e. The van der Waals surface area contributed by atoms with Crippen molar-refractivity contribution in [3.8, 4) is 0 Å². The van der Waals surface area contributed by atoms with Crippen LogP contribution in [0.2, 0.25) is 0 Å². The van der Waals surface area contributed by atoms with Crippen molar-refractivity contribution in [2.45, 2.75) is 32.4 Å². The number of hydrogen-bond donors (Lipinski definition) is 2. The number of anilines is 2. The van der Waals surface area contributed by atoms with Gasteiger partial charge in [0.25, 0.3) is 5.56 Å². The molecule has 0 unspecified atom stereocenters. The molecule has 0 atom stereocenters. The number of nitrogens with two attached hydrogens (primary N) is 1. The Morgan fingerprint density at radius 1 is 1.40 bits per heavy atom. The normalized spacial score (nSPS) is 14.2. The van der Waals surface area contributed by atoms with Gasteiger partial charge in [0.1, 0.15) is 11.6 Å². The maximum atomic E-state index is 11.6. The van der Waals surface area contributed by atoms with Crippen molar-refractivity contribution in [2.75, 3.05) is 10.6 Å². The zero-order valence-electron chi connectivity index (χ0n) is 11.5. The van der Waals surface area contributed by atoms with Gasteiger partial charge >= 0.3 is 0 Å². The van der Waals surface area contributed by atoms with Gasteiger partial charge in [0.15, 0.2) is 0 Å². The molecule has 0 amide bonds. The summed E-state index contributed by atoms with van der Waals surface area (Å²) in [6.07, 6.45) is 2.28. The molecule has 3 N–H and O–H groups in total. The smallest absolute Gasteiger partial charge is 0.252 e. The van der Waals surface area contributed by atoms with Gasteiger partial charge in [-0.05, 0) is 31.4 Å². The number of aromatic nitrogens is 2. The molecule has 1 heterocycles. The van der Waals surface area contributed by atoms with E-state index in [-0.39, 0.29) is 5.56 Å². The number of aromatic amines is 1. The number of para-hydroxylation sites is 1. The van der Waals surface area contributed by atoms with Gasteiger partial charge < -0.3 is 15.6 Å². The minimum Gasteiger partial charge on any atom is -0.398 e. The minimum atomic E-state index is -0.112. The number of H-pyrrole nitrogens is 1. The number of rotatable bonds is 4. The first kappa shape index (κ1) is 12.7. The fourth-order valence-corrected chi connectivity index (χ4v) is 2.36. The van der Waals surface area contributed by atoms with Crippen molar-refractivity contribution in [1.82, 2.24) is 9.97 Å². The molecule has 20 heavy (non-hydrogen) atoms. The Labute approximate surface area is 117 Å². The molecular weight excluding hydrogens is 252 g/mol. The average molecular weight is 270 g/mol. The summed E-state index contributed by atoms with van der Waals surface area (Å²) >= 11 is 0. The number of aryl methyl sites for hydroxylation is 1. The Bertz CT molecular complexity index is 676. The summed E-state index contributed by atoms with van der Waals surface area (Å²) in [6, 6.07) is 9.85. The van der Waals surface area contributed by atoms with Crippen LogP contribution in [0.1, 0.15) is 24.2 Å². The molecule has 0 aliphatic heterocycles. The van der Waals surface area contributed by atoms with E-state index in [2.05, 4.69) is 14.9 Å². The molecule has 0 bridgehead atoms. The summed E-state index contributed by atoms with van der Waals surface area (Å²) in [4.78, 5) is 20.9. The van der Waals surface area contributed by atoms with Crippen molar-refractivity contribution in [3.05, 3.63) is 52.1 Å². The third-order valence-corrected chi connectivity index (χ3v) is 3.52. The Hall–Kier alpha value is -2.30. The van der Waals surface area contributed by atoms with E-state index in [9.17, 15) is 4.79 Å². The summed E-state index contributed by atoms with van der Waals surface area (Å²) in [6.45, 7) is 2.49. The predicted molar refractivity (Wildman–Crippen MR) is 79.7 cm³/mol. The lowest BCUT2D eigenvalue weighted by atomic mass is 10.1. The van der Waals surface area contributed by atoms with Crippen LogP contribution in [0.15, 0.2) is 35.1 Å². The number of benzene rings is 1. The lowest BCUT2D eigenvalue weighted by Gasteiger charge is -2.24. The second-order valence-corrected chi connectivity index (χ2v) is 5.25. The number of nitrogens with one attached hydrogen (secondary N) is 1.